The van der Waals surface area contributed by atoms with Crippen molar-refractivity contribution in [2.75, 3.05) is 19.7 Å². The van der Waals surface area contributed by atoms with Crippen LogP contribution in [0.3, 0.4) is 0 Å². The first-order valence-electron chi connectivity index (χ1n) is 12.0. The minimum atomic E-state index is -4.44. The number of likely N-dealkylation sites (tertiary alicyclic amines) is 1. The highest BCUT2D eigenvalue weighted by Crippen LogP contribution is 2.32. The van der Waals surface area contributed by atoms with Gasteiger partial charge in [-0.2, -0.15) is 13.2 Å². The zero-order valence-electron chi connectivity index (χ0n) is 19.2. The van der Waals surface area contributed by atoms with Crippen molar-refractivity contribution in [1.29, 1.82) is 0 Å². The average Bonchev–Trinajstić information content (AvgIpc) is 3.26. The average molecular weight is 477 g/mol. The molecule has 2 heterocycles. The second-order valence-corrected chi connectivity index (χ2v) is 9.21. The highest BCUT2D eigenvalue weighted by atomic mass is 19.4. The molecule has 184 valence electrons. The van der Waals surface area contributed by atoms with Gasteiger partial charge in [-0.05, 0) is 80.7 Å². The second kappa shape index (κ2) is 10.9. The topological polar surface area (TPSA) is 62.7 Å². The van der Waals surface area contributed by atoms with Crippen LogP contribution in [0.5, 0.6) is 0 Å². The first kappa shape index (κ1) is 24.7. The Morgan fingerprint density at radius 1 is 1.12 bits per heavy atom. The fraction of sp³-hybridized carbons (Fsp3) is 0.538. The number of ether oxygens (including phenoxy) is 1. The Bertz CT molecular complexity index is 978. The van der Waals surface area contributed by atoms with Gasteiger partial charge in [-0.3, -0.25) is 14.7 Å². The van der Waals surface area contributed by atoms with E-state index in [0.29, 0.717) is 31.7 Å². The molecule has 2 aliphatic rings. The number of carboxylic acid groups (broad SMARTS) is 1. The fourth-order valence-corrected chi connectivity index (χ4v) is 4.91. The van der Waals surface area contributed by atoms with Crippen LogP contribution in [0.2, 0.25) is 0 Å². The number of alkyl halides is 3. The SMILES string of the molecule is O=C(O)C(c1ccc(C(F)(F)F)cc1)N1CC[C@@H](OCCCCc2ccc3c(n2)CCCC3)C1. The smallest absolute Gasteiger partial charge is 0.416 e. The van der Waals surface area contributed by atoms with Crippen LogP contribution in [0, 0.1) is 0 Å². The minimum absolute atomic E-state index is 0.0711. The van der Waals surface area contributed by atoms with Crippen LogP contribution in [-0.4, -0.2) is 46.8 Å². The van der Waals surface area contributed by atoms with Gasteiger partial charge in [-0.15, -0.1) is 0 Å². The van der Waals surface area contributed by atoms with Gasteiger partial charge in [0.25, 0.3) is 0 Å². The van der Waals surface area contributed by atoms with Crippen LogP contribution in [0.4, 0.5) is 13.2 Å². The molecular formula is C26H31F3N2O3. The summed E-state index contributed by atoms with van der Waals surface area (Å²) < 4.78 is 44.5. The van der Waals surface area contributed by atoms with E-state index in [1.54, 1.807) is 4.90 Å². The predicted octanol–water partition coefficient (Wildman–Crippen LogP) is 5.22. The van der Waals surface area contributed by atoms with E-state index in [0.717, 1.165) is 49.9 Å². The lowest BCUT2D eigenvalue weighted by Gasteiger charge is -2.25. The summed E-state index contributed by atoms with van der Waals surface area (Å²) >= 11 is 0. The van der Waals surface area contributed by atoms with Gasteiger partial charge in [0, 0.05) is 31.1 Å². The Morgan fingerprint density at radius 2 is 1.88 bits per heavy atom. The molecule has 2 aromatic rings. The molecule has 1 aromatic heterocycles. The first-order chi connectivity index (χ1) is 16.3. The molecule has 0 amide bonds. The third kappa shape index (κ3) is 6.16. The maximum atomic E-state index is 12.8. The molecule has 0 spiro atoms. The summed E-state index contributed by atoms with van der Waals surface area (Å²) in [5, 5.41) is 9.72. The van der Waals surface area contributed by atoms with Gasteiger partial charge in [-0.25, -0.2) is 0 Å². The molecule has 8 heteroatoms. The molecule has 1 aliphatic heterocycles. The molecule has 0 saturated carbocycles. The van der Waals surface area contributed by atoms with Crippen LogP contribution in [0.1, 0.15) is 66.2 Å². The van der Waals surface area contributed by atoms with Crippen molar-refractivity contribution >= 4 is 5.97 Å². The summed E-state index contributed by atoms with van der Waals surface area (Å²) in [6, 6.07) is 7.75. The van der Waals surface area contributed by atoms with Gasteiger partial charge in [0.2, 0.25) is 0 Å². The molecule has 4 rings (SSSR count). The Balaban J connectivity index is 1.22. The van der Waals surface area contributed by atoms with Gasteiger partial charge in [0.15, 0.2) is 0 Å². The molecule has 1 fully saturated rings. The molecule has 1 unspecified atom stereocenters. The van der Waals surface area contributed by atoms with Crippen molar-refractivity contribution in [1.82, 2.24) is 9.88 Å². The maximum Gasteiger partial charge on any atom is 0.416 e. The number of halogens is 3. The lowest BCUT2D eigenvalue weighted by atomic mass is 9.95. The summed E-state index contributed by atoms with van der Waals surface area (Å²) in [5.74, 6) is -1.07. The number of fused-ring (bicyclic) bond motifs is 1. The quantitative estimate of drug-likeness (QED) is 0.503. The number of benzene rings is 1. The van der Waals surface area contributed by atoms with Crippen LogP contribution < -0.4 is 0 Å². The molecule has 0 radical (unpaired) electrons. The maximum absolute atomic E-state index is 12.8. The predicted molar refractivity (Wildman–Crippen MR) is 122 cm³/mol. The zero-order chi connectivity index (χ0) is 24.1. The van der Waals surface area contributed by atoms with Crippen LogP contribution in [0.25, 0.3) is 0 Å². The molecule has 0 bridgehead atoms. The number of rotatable bonds is 9. The van der Waals surface area contributed by atoms with Gasteiger partial charge in [-0.1, -0.05) is 18.2 Å². The fourth-order valence-electron chi connectivity index (χ4n) is 4.91. The van der Waals surface area contributed by atoms with E-state index >= 15 is 0 Å². The molecule has 1 aliphatic carbocycles. The summed E-state index contributed by atoms with van der Waals surface area (Å²) in [7, 11) is 0. The van der Waals surface area contributed by atoms with Crippen molar-refractivity contribution in [2.45, 2.75) is 69.7 Å². The standard InChI is InChI=1S/C26H31F3N2O3/c27-26(28,29)20-11-8-19(9-12-20)24(25(32)33)31-15-14-22(17-31)34-16-4-3-6-21-13-10-18-5-1-2-7-23(18)30-21/h8-13,22,24H,1-7,14-17H2,(H,32,33)/t22-,24?/m1/s1. The first-order valence-corrected chi connectivity index (χ1v) is 12.0. The number of carbonyl (C=O) groups is 1. The number of hydrogen-bond donors (Lipinski definition) is 1. The van der Waals surface area contributed by atoms with Crippen LogP contribution in [-0.2, 0) is 35.0 Å². The molecule has 2 atom stereocenters. The highest BCUT2D eigenvalue weighted by Gasteiger charge is 2.35. The van der Waals surface area contributed by atoms with Gasteiger partial charge >= 0.3 is 12.1 Å². The third-order valence-corrected chi connectivity index (χ3v) is 6.75. The monoisotopic (exact) mass is 476 g/mol. The van der Waals surface area contributed by atoms with Crippen LogP contribution in [0.15, 0.2) is 36.4 Å². The molecule has 5 nitrogen and oxygen atoms in total. The van der Waals surface area contributed by atoms with E-state index in [-0.39, 0.29) is 6.10 Å². The van der Waals surface area contributed by atoms with E-state index in [1.807, 2.05) is 0 Å². The number of carboxylic acids is 1. The van der Waals surface area contributed by atoms with Crippen molar-refractivity contribution in [2.24, 2.45) is 0 Å². The number of nitrogens with zero attached hydrogens (tertiary/aromatic N) is 2. The van der Waals surface area contributed by atoms with Crippen molar-refractivity contribution in [3.63, 3.8) is 0 Å². The van der Waals surface area contributed by atoms with E-state index in [2.05, 4.69) is 12.1 Å². The van der Waals surface area contributed by atoms with E-state index < -0.39 is 23.8 Å². The summed E-state index contributed by atoms with van der Waals surface area (Å²) in [4.78, 5) is 18.5. The number of pyridine rings is 1. The number of unbranched alkanes of at least 4 members (excludes halogenated alkanes) is 1. The molecule has 34 heavy (non-hydrogen) atoms. The van der Waals surface area contributed by atoms with Crippen molar-refractivity contribution in [3.8, 4) is 0 Å². The van der Waals surface area contributed by atoms with Gasteiger partial charge < -0.3 is 9.84 Å². The molecule has 1 N–H and O–H groups in total. The Kier molecular flexibility index (Phi) is 7.88. The van der Waals surface area contributed by atoms with Crippen molar-refractivity contribution in [3.05, 3.63) is 64.5 Å². The summed E-state index contributed by atoms with van der Waals surface area (Å²) in [6.45, 7) is 1.58. The Labute approximate surface area is 197 Å². The van der Waals surface area contributed by atoms with E-state index in [9.17, 15) is 23.1 Å². The number of aromatic nitrogens is 1. The second-order valence-electron chi connectivity index (χ2n) is 9.21. The highest BCUT2D eigenvalue weighted by molar-refractivity contribution is 5.75. The lowest BCUT2D eigenvalue weighted by molar-refractivity contribution is -0.143. The molecular weight excluding hydrogens is 445 g/mol. The number of aliphatic carboxylic acids is 1. The van der Waals surface area contributed by atoms with E-state index in [1.165, 1.54) is 36.2 Å². The number of aryl methyl sites for hydroxylation is 3. The Morgan fingerprint density at radius 3 is 2.62 bits per heavy atom. The van der Waals surface area contributed by atoms with Gasteiger partial charge in [0.05, 0.1) is 11.7 Å². The lowest BCUT2D eigenvalue weighted by Crippen LogP contribution is -2.33. The largest absolute Gasteiger partial charge is 0.480 e. The third-order valence-electron chi connectivity index (χ3n) is 6.75. The molecule has 1 aromatic carbocycles. The summed E-state index contributed by atoms with van der Waals surface area (Å²) in [6.07, 6.45) is 3.67. The minimum Gasteiger partial charge on any atom is -0.480 e. The normalized spacial score (nSPS) is 19.7. The summed E-state index contributed by atoms with van der Waals surface area (Å²) in [5.41, 5.74) is 3.34. The van der Waals surface area contributed by atoms with Gasteiger partial charge in [0.1, 0.15) is 6.04 Å². The zero-order valence-corrected chi connectivity index (χ0v) is 19.2. The molecule has 1 saturated heterocycles. The number of hydrogen-bond acceptors (Lipinski definition) is 4. The van der Waals surface area contributed by atoms with Crippen molar-refractivity contribution < 1.29 is 27.8 Å². The van der Waals surface area contributed by atoms with Crippen LogP contribution >= 0.6 is 0 Å². The van der Waals surface area contributed by atoms with E-state index in [4.69, 9.17) is 9.72 Å². The Hall–Kier alpha value is -2.45.